The number of ketones is 1. The Kier molecular flexibility index (Phi) is 16.8. The van der Waals surface area contributed by atoms with E-state index in [1.807, 2.05) is 0 Å². The Hall–Kier alpha value is -6.71. The van der Waals surface area contributed by atoms with E-state index in [1.165, 1.54) is 26.2 Å². The molecule has 78 heavy (non-hydrogen) atoms. The maximum absolute atomic E-state index is 16.3. The van der Waals surface area contributed by atoms with Crippen LogP contribution in [-0.4, -0.2) is 136 Å². The van der Waals surface area contributed by atoms with Crippen LogP contribution >= 0.6 is 0 Å². The van der Waals surface area contributed by atoms with E-state index in [1.54, 1.807) is 141 Å². The molecular formula is C58H72N2O18. The lowest BCUT2D eigenvalue weighted by molar-refractivity contribution is -0.347. The fourth-order valence-corrected chi connectivity index (χ4v) is 11.7. The van der Waals surface area contributed by atoms with Crippen LogP contribution < -0.4 is 10.6 Å². The number of Topliss-reactive ketones (excluding diaryl/α,β-unsaturated/α-hetero) is 1. The number of ether oxygens (including phenoxy) is 8. The van der Waals surface area contributed by atoms with Crippen LogP contribution in [0.15, 0.2) is 102 Å². The molecule has 3 aromatic rings. The molecule has 0 aromatic heterocycles. The number of carbonyl (C=O) groups is 7. The topological polar surface area (TPSA) is 278 Å². The van der Waals surface area contributed by atoms with Gasteiger partial charge in [-0.25, -0.2) is 24.0 Å². The predicted molar refractivity (Wildman–Crippen MR) is 277 cm³/mol. The smallest absolute Gasteiger partial charge is 0.408 e. The third kappa shape index (κ3) is 11.4. The Labute approximate surface area is 453 Å². The van der Waals surface area contributed by atoms with Gasteiger partial charge in [-0.15, -0.1) is 0 Å². The number of hydrogen-bond donors (Lipinski definition) is 5. The van der Waals surface area contributed by atoms with Crippen LogP contribution in [0.1, 0.15) is 123 Å². The highest BCUT2D eigenvalue weighted by Crippen LogP contribution is 2.65. The van der Waals surface area contributed by atoms with E-state index in [4.69, 9.17) is 37.9 Å². The van der Waals surface area contributed by atoms with Crippen molar-refractivity contribution in [2.75, 3.05) is 13.7 Å². The quantitative estimate of drug-likeness (QED) is 0.0694. The van der Waals surface area contributed by atoms with Crippen molar-refractivity contribution in [2.24, 2.45) is 16.7 Å². The van der Waals surface area contributed by atoms with Gasteiger partial charge >= 0.3 is 36.1 Å². The molecule has 422 valence electrons. The van der Waals surface area contributed by atoms with Gasteiger partial charge in [-0.2, -0.15) is 0 Å². The molecule has 20 nitrogen and oxygen atoms in total. The minimum Gasteiger partial charge on any atom is -0.459 e. The zero-order valence-corrected chi connectivity index (χ0v) is 46.0. The first-order chi connectivity index (χ1) is 36.4. The van der Waals surface area contributed by atoms with Crippen molar-refractivity contribution < 1.29 is 86.8 Å². The summed E-state index contributed by atoms with van der Waals surface area (Å²) < 4.78 is 48.6. The van der Waals surface area contributed by atoms with Gasteiger partial charge in [-0.1, -0.05) is 92.7 Å². The third-order valence-corrected chi connectivity index (χ3v) is 15.4. The Morgan fingerprint density at radius 3 is 1.63 bits per heavy atom. The fraction of sp³-hybridized carbons (Fsp3) is 0.534. The average molecular weight is 1090 g/mol. The maximum atomic E-state index is 16.3. The minimum atomic E-state index is -2.48. The highest BCUT2D eigenvalue weighted by Gasteiger charge is 2.79. The Morgan fingerprint density at radius 1 is 0.718 bits per heavy atom. The second-order valence-electron chi connectivity index (χ2n) is 23.2. The molecule has 3 aliphatic carbocycles. The van der Waals surface area contributed by atoms with E-state index in [-0.39, 0.29) is 28.7 Å². The van der Waals surface area contributed by atoms with Gasteiger partial charge in [-0.05, 0) is 89.8 Å². The zero-order valence-electron chi connectivity index (χ0n) is 46.0. The number of fused-ring (bicyclic) bond motifs is 5. The number of amides is 2. The molecule has 1 saturated heterocycles. The van der Waals surface area contributed by atoms with Crippen molar-refractivity contribution in [1.29, 1.82) is 0 Å². The summed E-state index contributed by atoms with van der Waals surface area (Å²) in [5.74, 6) is -6.96. The van der Waals surface area contributed by atoms with E-state index in [2.05, 4.69) is 10.6 Å². The second kappa shape index (κ2) is 22.2. The lowest BCUT2D eigenvalue weighted by Crippen LogP contribution is -2.82. The van der Waals surface area contributed by atoms with Crippen molar-refractivity contribution in [3.63, 3.8) is 0 Å². The summed E-state index contributed by atoms with van der Waals surface area (Å²) in [5.41, 5.74) is -9.38. The standard InChI is InChI=1S/C58H72N2O18/c1-31-36(73-49(66)42(62)40(33-22-16-13-17-23-33)59-51(68)77-53(3,4)5)29-58(70)47(75-48(65)35-26-20-15-21-27-35)45-56(11,46(64)44(71-12)39(31)55(58,9)10)37(28-38-57(45,30-72-38)76-32(2)61)74-50(67)43(63)41(34-24-18-14-19-25-34)60-52(69)78-54(6,7)8/h13-27,36-38,40-45,47,62-63,70H,28-30H2,1-12H3,(H,59,68)(H,60,69)/t36-,37+,38+,40?,41-,42?,43+,44+,45-,47-,56+,57-,58+/m0/s1. The molecule has 3 aromatic carbocycles. The number of methoxy groups -OCH3 is 1. The van der Waals surface area contributed by atoms with Crippen molar-refractivity contribution in [3.8, 4) is 0 Å². The Morgan fingerprint density at radius 2 is 1.19 bits per heavy atom. The van der Waals surface area contributed by atoms with E-state index in [0.29, 0.717) is 5.56 Å². The average Bonchev–Trinajstić information content (AvgIpc) is 3.54. The number of alkyl carbamates (subject to hydrolysis) is 2. The first-order valence-corrected chi connectivity index (χ1v) is 25.8. The molecular weight excluding hydrogens is 1010 g/mol. The van der Waals surface area contributed by atoms with Crippen LogP contribution in [0.25, 0.3) is 0 Å². The molecule has 3 fully saturated rings. The van der Waals surface area contributed by atoms with Gasteiger partial charge in [-0.3, -0.25) is 9.59 Å². The molecule has 1 heterocycles. The van der Waals surface area contributed by atoms with Crippen LogP contribution in [0.4, 0.5) is 9.59 Å². The van der Waals surface area contributed by atoms with Crippen molar-refractivity contribution in [3.05, 3.63) is 119 Å². The van der Waals surface area contributed by atoms with Crippen LogP contribution in [0.5, 0.6) is 0 Å². The number of esters is 4. The third-order valence-electron chi connectivity index (χ3n) is 15.4. The van der Waals surface area contributed by atoms with Gasteiger partial charge in [0.2, 0.25) is 0 Å². The molecule has 13 atom stereocenters. The molecule has 0 spiro atoms. The highest BCUT2D eigenvalue weighted by atomic mass is 16.6. The van der Waals surface area contributed by atoms with Crippen LogP contribution in [-0.2, 0) is 57.1 Å². The number of nitrogens with one attached hydrogen (secondary N) is 2. The first-order valence-electron chi connectivity index (χ1n) is 25.8. The molecule has 2 amide bonds. The largest absolute Gasteiger partial charge is 0.459 e. The summed E-state index contributed by atoms with van der Waals surface area (Å²) in [6.07, 6.45) is -15.2. The summed E-state index contributed by atoms with van der Waals surface area (Å²) in [6.45, 7) is 16.7. The Bertz CT molecular complexity index is 2770. The molecule has 5 N–H and O–H groups in total. The lowest BCUT2D eigenvalue weighted by atomic mass is 9.44. The van der Waals surface area contributed by atoms with E-state index >= 15 is 4.79 Å². The van der Waals surface area contributed by atoms with Crippen LogP contribution in [0.3, 0.4) is 0 Å². The Balaban J connectivity index is 1.39. The number of benzene rings is 3. The minimum absolute atomic E-state index is 0.0105. The van der Waals surface area contributed by atoms with Crippen molar-refractivity contribution >= 4 is 41.8 Å². The number of rotatable bonds is 14. The van der Waals surface area contributed by atoms with Gasteiger partial charge < -0.3 is 63.8 Å². The summed E-state index contributed by atoms with van der Waals surface area (Å²) in [5, 5.41) is 43.1. The summed E-state index contributed by atoms with van der Waals surface area (Å²) in [6, 6.07) is 21.0. The first kappa shape index (κ1) is 59.0. The zero-order chi connectivity index (χ0) is 57.5. The molecule has 2 saturated carbocycles. The van der Waals surface area contributed by atoms with E-state index in [9.17, 15) is 44.1 Å². The summed E-state index contributed by atoms with van der Waals surface area (Å²) in [7, 11) is 1.23. The molecule has 1 aliphatic heterocycles. The van der Waals surface area contributed by atoms with Gasteiger partial charge in [0.05, 0.1) is 35.6 Å². The lowest BCUT2D eigenvalue weighted by Gasteiger charge is -2.67. The summed E-state index contributed by atoms with van der Waals surface area (Å²) in [4.78, 5) is 100. The second-order valence-corrected chi connectivity index (χ2v) is 23.2. The van der Waals surface area contributed by atoms with Gasteiger partial charge in [0.25, 0.3) is 0 Å². The number of carbonyl (C=O) groups excluding carboxylic acids is 7. The van der Waals surface area contributed by atoms with Crippen molar-refractivity contribution in [2.45, 2.75) is 166 Å². The van der Waals surface area contributed by atoms with Gasteiger partial charge in [0, 0.05) is 32.3 Å². The van der Waals surface area contributed by atoms with E-state index < -0.39 is 149 Å². The van der Waals surface area contributed by atoms with Gasteiger partial charge in [0.1, 0.15) is 47.3 Å². The summed E-state index contributed by atoms with van der Waals surface area (Å²) >= 11 is 0. The molecule has 2 bridgehead atoms. The predicted octanol–water partition coefficient (Wildman–Crippen LogP) is 6.09. The number of aliphatic hydroxyl groups excluding tert-OH is 2. The molecule has 20 heteroatoms. The number of aliphatic hydroxyl groups is 3. The van der Waals surface area contributed by atoms with E-state index in [0.717, 1.165) is 6.92 Å². The molecule has 4 aliphatic rings. The maximum Gasteiger partial charge on any atom is 0.408 e. The van der Waals surface area contributed by atoms with Crippen molar-refractivity contribution in [1.82, 2.24) is 10.6 Å². The molecule has 2 unspecified atom stereocenters. The molecule has 7 rings (SSSR count). The van der Waals surface area contributed by atoms with Crippen LogP contribution in [0, 0.1) is 16.7 Å². The van der Waals surface area contributed by atoms with Gasteiger partial charge in [0.15, 0.2) is 23.6 Å². The normalized spacial score (nSPS) is 28.9. The SMILES string of the molecule is CO[C@H]1C(=O)[C@@]2(C)[C@H]([C@H](OC(=O)c3ccccc3)[C@]3(O)C[C@H](OC(=O)C(O)C(NC(=O)OC(C)(C)C)c4ccccc4)C(C)=C1C3(C)C)[C@]1(OC(C)=O)CO[C@@H]1C[C@H]2OC(=O)[C@H](O)[C@@H](NC(=O)OC(C)(C)C)c1ccccc1. The molecule has 0 radical (unpaired) electrons. The monoisotopic (exact) mass is 1080 g/mol. The fourth-order valence-electron chi connectivity index (χ4n) is 11.7. The highest BCUT2D eigenvalue weighted by molar-refractivity contribution is 5.95. The number of hydrogen-bond acceptors (Lipinski definition) is 18. The van der Waals surface area contributed by atoms with Crippen LogP contribution in [0.2, 0.25) is 0 Å².